The van der Waals surface area contributed by atoms with Crippen LogP contribution in [-0.4, -0.2) is 33.7 Å². The van der Waals surface area contributed by atoms with E-state index in [-0.39, 0.29) is 6.61 Å². The number of H-pyrrole nitrogens is 1. The quantitative estimate of drug-likeness (QED) is 0.520. The van der Waals surface area contributed by atoms with Gasteiger partial charge < -0.3 is 19.8 Å². The van der Waals surface area contributed by atoms with Gasteiger partial charge in [-0.05, 0) is 69.9 Å². The third kappa shape index (κ3) is 6.57. The van der Waals surface area contributed by atoms with Crippen molar-refractivity contribution in [1.29, 1.82) is 0 Å². The van der Waals surface area contributed by atoms with Gasteiger partial charge in [0, 0.05) is 6.42 Å². The zero-order valence-electron chi connectivity index (χ0n) is 19.3. The Kier molecular flexibility index (Phi) is 7.18. The SMILES string of the molecule is Cc1cc2nc(CCC(NC(=O)OC(C)(C)C)C(=O)OCc3ccccc3)[nH]c2cc1C. The molecule has 0 spiro atoms. The van der Waals surface area contributed by atoms with Crippen molar-refractivity contribution in [3.05, 3.63) is 65.0 Å². The second kappa shape index (κ2) is 9.85. The standard InChI is InChI=1S/C25H31N3O4/c1-16-13-20-21(14-17(16)2)27-22(26-20)12-11-19(28-24(30)32-25(3,4)5)23(29)31-15-18-9-7-6-8-10-18/h6-10,13-14,19H,11-12,15H2,1-5H3,(H,26,27)(H,28,30). The molecular weight excluding hydrogens is 406 g/mol. The Labute approximate surface area is 188 Å². The highest BCUT2D eigenvalue weighted by Gasteiger charge is 2.26. The van der Waals surface area contributed by atoms with Gasteiger partial charge in [0.1, 0.15) is 24.1 Å². The van der Waals surface area contributed by atoms with Crippen molar-refractivity contribution in [2.75, 3.05) is 0 Å². The molecule has 2 N–H and O–H groups in total. The highest BCUT2D eigenvalue weighted by atomic mass is 16.6. The van der Waals surface area contributed by atoms with Crippen LogP contribution in [0.1, 0.15) is 49.7 Å². The number of amides is 1. The lowest BCUT2D eigenvalue weighted by Gasteiger charge is -2.23. The van der Waals surface area contributed by atoms with Crippen molar-refractivity contribution in [3.8, 4) is 0 Å². The average Bonchev–Trinajstić information content (AvgIpc) is 3.10. The summed E-state index contributed by atoms with van der Waals surface area (Å²) in [5, 5.41) is 2.65. The summed E-state index contributed by atoms with van der Waals surface area (Å²) in [7, 11) is 0. The summed E-state index contributed by atoms with van der Waals surface area (Å²) >= 11 is 0. The first-order valence-electron chi connectivity index (χ1n) is 10.8. The van der Waals surface area contributed by atoms with Crippen LogP contribution in [-0.2, 0) is 27.3 Å². The Morgan fingerprint density at radius 2 is 1.78 bits per heavy atom. The lowest BCUT2D eigenvalue weighted by molar-refractivity contribution is -0.147. The van der Waals surface area contributed by atoms with Crippen molar-refractivity contribution < 1.29 is 19.1 Å². The van der Waals surface area contributed by atoms with E-state index in [0.29, 0.717) is 12.8 Å². The van der Waals surface area contributed by atoms with Crippen LogP contribution in [0.25, 0.3) is 11.0 Å². The van der Waals surface area contributed by atoms with Crippen LogP contribution >= 0.6 is 0 Å². The maximum Gasteiger partial charge on any atom is 0.408 e. The van der Waals surface area contributed by atoms with Gasteiger partial charge in [-0.15, -0.1) is 0 Å². The molecule has 0 fully saturated rings. The molecule has 7 heteroatoms. The molecule has 0 aliphatic heterocycles. The third-order valence-electron chi connectivity index (χ3n) is 5.02. The molecule has 0 aliphatic rings. The molecule has 3 rings (SSSR count). The molecule has 1 heterocycles. The van der Waals surface area contributed by atoms with E-state index in [2.05, 4.69) is 28.3 Å². The minimum absolute atomic E-state index is 0.134. The highest BCUT2D eigenvalue weighted by molar-refractivity contribution is 5.81. The third-order valence-corrected chi connectivity index (χ3v) is 5.02. The Balaban J connectivity index is 1.69. The van der Waals surface area contributed by atoms with E-state index in [1.165, 1.54) is 11.1 Å². The summed E-state index contributed by atoms with van der Waals surface area (Å²) in [5.74, 6) is 0.236. The summed E-state index contributed by atoms with van der Waals surface area (Å²) in [4.78, 5) is 33.0. The second-order valence-corrected chi connectivity index (χ2v) is 8.97. The number of rotatable bonds is 7. The summed E-state index contributed by atoms with van der Waals surface area (Å²) < 4.78 is 10.8. The average molecular weight is 438 g/mol. The molecule has 32 heavy (non-hydrogen) atoms. The molecule has 1 amide bonds. The number of carbonyl (C=O) groups is 2. The Hall–Kier alpha value is -3.35. The summed E-state index contributed by atoms with van der Waals surface area (Å²) in [6.07, 6.45) is 0.133. The van der Waals surface area contributed by atoms with Crippen LogP contribution in [0.2, 0.25) is 0 Å². The van der Waals surface area contributed by atoms with Crippen LogP contribution in [0.4, 0.5) is 4.79 Å². The van der Waals surface area contributed by atoms with E-state index in [1.807, 2.05) is 43.3 Å². The van der Waals surface area contributed by atoms with E-state index in [9.17, 15) is 9.59 Å². The maximum atomic E-state index is 12.8. The fraction of sp³-hybridized carbons (Fsp3) is 0.400. The first kappa shape index (κ1) is 23.3. The normalized spacial score (nSPS) is 12.4. The molecule has 0 bridgehead atoms. The van der Waals surface area contributed by atoms with Crippen molar-refractivity contribution >= 4 is 23.1 Å². The van der Waals surface area contributed by atoms with Crippen LogP contribution in [0.3, 0.4) is 0 Å². The maximum absolute atomic E-state index is 12.8. The van der Waals surface area contributed by atoms with Crippen molar-refractivity contribution in [2.45, 2.75) is 65.7 Å². The lowest BCUT2D eigenvalue weighted by atomic mass is 10.1. The minimum Gasteiger partial charge on any atom is -0.459 e. The van der Waals surface area contributed by atoms with Gasteiger partial charge in [-0.2, -0.15) is 0 Å². The number of imidazole rings is 1. The molecule has 0 radical (unpaired) electrons. The van der Waals surface area contributed by atoms with E-state index in [1.54, 1.807) is 20.8 Å². The van der Waals surface area contributed by atoms with Crippen LogP contribution < -0.4 is 5.32 Å². The number of benzene rings is 2. The van der Waals surface area contributed by atoms with Crippen molar-refractivity contribution in [1.82, 2.24) is 15.3 Å². The molecule has 2 aromatic carbocycles. The number of aromatic amines is 1. The fourth-order valence-electron chi connectivity index (χ4n) is 3.25. The molecular formula is C25H31N3O4. The summed E-state index contributed by atoms with van der Waals surface area (Å²) in [5.41, 5.74) is 4.39. The summed E-state index contributed by atoms with van der Waals surface area (Å²) in [6, 6.07) is 12.7. The van der Waals surface area contributed by atoms with Gasteiger partial charge in [0.05, 0.1) is 11.0 Å². The molecule has 0 saturated carbocycles. The molecule has 7 nitrogen and oxygen atoms in total. The molecule has 1 aromatic heterocycles. The number of hydrogen-bond acceptors (Lipinski definition) is 5. The topological polar surface area (TPSA) is 93.3 Å². The number of ether oxygens (including phenoxy) is 2. The van der Waals surface area contributed by atoms with Crippen LogP contribution in [0.15, 0.2) is 42.5 Å². The van der Waals surface area contributed by atoms with E-state index < -0.39 is 23.7 Å². The van der Waals surface area contributed by atoms with E-state index >= 15 is 0 Å². The summed E-state index contributed by atoms with van der Waals surface area (Å²) in [6.45, 7) is 9.55. The monoisotopic (exact) mass is 437 g/mol. The number of hydrogen-bond donors (Lipinski definition) is 2. The number of aryl methyl sites for hydroxylation is 3. The van der Waals surface area contributed by atoms with Gasteiger partial charge >= 0.3 is 12.1 Å². The van der Waals surface area contributed by atoms with Gasteiger partial charge in [0.25, 0.3) is 0 Å². The van der Waals surface area contributed by atoms with Crippen LogP contribution in [0.5, 0.6) is 0 Å². The van der Waals surface area contributed by atoms with Gasteiger partial charge in [0.2, 0.25) is 0 Å². The Morgan fingerprint density at radius 1 is 1.09 bits per heavy atom. The first-order chi connectivity index (χ1) is 15.1. The van der Waals surface area contributed by atoms with Gasteiger partial charge in [-0.1, -0.05) is 30.3 Å². The zero-order valence-corrected chi connectivity index (χ0v) is 19.3. The Morgan fingerprint density at radius 3 is 2.47 bits per heavy atom. The zero-order chi connectivity index (χ0) is 23.3. The number of carbonyl (C=O) groups excluding carboxylic acids is 2. The number of esters is 1. The smallest absolute Gasteiger partial charge is 0.408 e. The number of nitrogens with one attached hydrogen (secondary N) is 2. The van der Waals surface area contributed by atoms with Crippen molar-refractivity contribution in [2.24, 2.45) is 0 Å². The van der Waals surface area contributed by atoms with E-state index in [0.717, 1.165) is 22.4 Å². The van der Waals surface area contributed by atoms with Crippen LogP contribution in [0, 0.1) is 13.8 Å². The van der Waals surface area contributed by atoms with E-state index in [4.69, 9.17) is 9.47 Å². The second-order valence-electron chi connectivity index (χ2n) is 8.97. The predicted octanol–water partition coefficient (Wildman–Crippen LogP) is 4.75. The van der Waals surface area contributed by atoms with Crippen molar-refractivity contribution in [3.63, 3.8) is 0 Å². The predicted molar refractivity (Wildman–Crippen MR) is 123 cm³/mol. The van der Waals surface area contributed by atoms with Gasteiger partial charge in [-0.3, -0.25) is 0 Å². The molecule has 1 atom stereocenters. The first-order valence-corrected chi connectivity index (χ1v) is 10.8. The molecule has 0 saturated heterocycles. The number of nitrogens with zero attached hydrogens (tertiary/aromatic N) is 1. The number of alkyl carbamates (subject to hydrolysis) is 1. The molecule has 1 unspecified atom stereocenters. The molecule has 3 aromatic rings. The molecule has 170 valence electrons. The van der Waals surface area contributed by atoms with Gasteiger partial charge in [-0.25, -0.2) is 14.6 Å². The largest absolute Gasteiger partial charge is 0.459 e. The molecule has 0 aliphatic carbocycles. The minimum atomic E-state index is -0.856. The lowest BCUT2D eigenvalue weighted by Crippen LogP contribution is -2.44. The number of fused-ring (bicyclic) bond motifs is 1. The number of aromatic nitrogens is 2. The highest BCUT2D eigenvalue weighted by Crippen LogP contribution is 2.18. The fourth-order valence-corrected chi connectivity index (χ4v) is 3.25. The Bertz CT molecular complexity index is 1040. The van der Waals surface area contributed by atoms with Gasteiger partial charge in [0.15, 0.2) is 0 Å².